The van der Waals surface area contributed by atoms with E-state index in [1.54, 1.807) is 0 Å². The van der Waals surface area contributed by atoms with Crippen LogP contribution in [-0.4, -0.2) is 27.7 Å². The van der Waals surface area contributed by atoms with Crippen LogP contribution in [0.25, 0.3) is 0 Å². The normalized spacial score (nSPS) is 14.7. The Kier molecular flexibility index (Phi) is 5.79. The molecule has 0 saturated carbocycles. The first-order valence-corrected chi connectivity index (χ1v) is 12.0. The molecule has 0 amide bonds. The number of thiocarbonyl (C=S) groups is 1. The Bertz CT molecular complexity index is 945. The van der Waals surface area contributed by atoms with Gasteiger partial charge in [0.25, 0.3) is 0 Å². The lowest BCUT2D eigenvalue weighted by Gasteiger charge is -2.31. The minimum atomic E-state index is -2.26. The third-order valence-corrected chi connectivity index (χ3v) is 9.56. The number of hydrogen-bond acceptors (Lipinski definition) is 1. The lowest BCUT2D eigenvalue weighted by Crippen LogP contribution is -2.35. The molecular formula is C23H26N3PS. The van der Waals surface area contributed by atoms with E-state index in [1.807, 2.05) is 0 Å². The molecule has 2 aromatic carbocycles. The van der Waals surface area contributed by atoms with Crippen molar-refractivity contribution in [2.75, 3.05) is 13.1 Å². The molecule has 0 unspecified atom stereocenters. The highest BCUT2D eigenvalue weighted by molar-refractivity contribution is 7.88. The molecule has 5 heteroatoms. The van der Waals surface area contributed by atoms with Crippen LogP contribution >= 0.6 is 19.3 Å². The van der Waals surface area contributed by atoms with E-state index < -0.39 is 7.05 Å². The van der Waals surface area contributed by atoms with E-state index in [2.05, 4.69) is 95.5 Å². The van der Waals surface area contributed by atoms with Crippen molar-refractivity contribution in [2.45, 2.75) is 19.3 Å². The minimum Gasteiger partial charge on any atom is -0.349 e. The number of nitrogens with zero attached hydrogens (tertiary/aromatic N) is 3. The zero-order valence-corrected chi connectivity index (χ0v) is 17.9. The summed E-state index contributed by atoms with van der Waals surface area (Å²) in [7, 11) is -0.154. The van der Waals surface area contributed by atoms with Crippen molar-refractivity contribution in [3.8, 4) is 0 Å². The first kappa shape index (κ1) is 19.2. The molecule has 144 valence electrons. The van der Waals surface area contributed by atoms with Crippen molar-refractivity contribution in [3.63, 3.8) is 0 Å². The molecular weight excluding hydrogens is 381 g/mol. The molecule has 3 nitrogen and oxygen atoms in total. The Morgan fingerprint density at radius 3 is 1.89 bits per heavy atom. The van der Waals surface area contributed by atoms with Gasteiger partial charge in [0.2, 0.25) is 0 Å². The highest BCUT2D eigenvalue weighted by atomic mass is 32.1. The number of aromatic nitrogens is 1. The maximum absolute atomic E-state index is 5.92. The van der Waals surface area contributed by atoms with Crippen LogP contribution in [0.1, 0.15) is 19.3 Å². The molecule has 28 heavy (non-hydrogen) atoms. The van der Waals surface area contributed by atoms with Crippen LogP contribution in [0.4, 0.5) is 0 Å². The van der Waals surface area contributed by atoms with E-state index in [1.165, 1.54) is 35.3 Å². The molecule has 1 saturated heterocycles. The molecule has 0 N–H and O–H groups in total. The Labute approximate surface area is 173 Å². The Hall–Kier alpha value is -2.16. The van der Waals surface area contributed by atoms with Gasteiger partial charge >= 0.3 is 0 Å². The summed E-state index contributed by atoms with van der Waals surface area (Å²) in [5.74, 6) is 0. The highest BCUT2D eigenvalue weighted by Crippen LogP contribution is 2.46. The van der Waals surface area contributed by atoms with Gasteiger partial charge in [0.15, 0.2) is 5.11 Å². The van der Waals surface area contributed by atoms with Crippen LogP contribution in [-0.2, 0) is 7.05 Å². The zero-order valence-electron chi connectivity index (χ0n) is 16.2. The van der Waals surface area contributed by atoms with Gasteiger partial charge in [-0.15, -0.1) is 0 Å². The van der Waals surface area contributed by atoms with E-state index >= 15 is 0 Å². The number of hydrogen-bond donors (Lipinski definition) is 0. The quantitative estimate of drug-likeness (QED) is 0.477. The van der Waals surface area contributed by atoms with Gasteiger partial charge in [-0.25, -0.2) is 4.74 Å². The number of rotatable bonds is 3. The second-order valence-corrected chi connectivity index (χ2v) is 10.5. The highest BCUT2D eigenvalue weighted by Gasteiger charge is 2.31. The summed E-state index contributed by atoms with van der Waals surface area (Å²) in [5.41, 5.74) is 1.23. The number of aryl methyl sites for hydroxylation is 1. The van der Waals surface area contributed by atoms with Crippen molar-refractivity contribution >= 4 is 40.4 Å². The van der Waals surface area contributed by atoms with E-state index in [4.69, 9.17) is 17.0 Å². The lowest BCUT2D eigenvalue weighted by atomic mass is 10.1. The Morgan fingerprint density at radius 2 is 1.39 bits per heavy atom. The molecule has 0 spiro atoms. The smallest absolute Gasteiger partial charge is 0.195 e. The molecule has 0 atom stereocenters. The van der Waals surface area contributed by atoms with Gasteiger partial charge in [-0.3, -0.25) is 0 Å². The fourth-order valence-electron chi connectivity index (χ4n) is 3.93. The fourth-order valence-corrected chi connectivity index (χ4v) is 8.06. The second-order valence-electron chi connectivity index (χ2n) is 7.21. The van der Waals surface area contributed by atoms with E-state index in [0.717, 1.165) is 18.2 Å². The van der Waals surface area contributed by atoms with Crippen molar-refractivity contribution in [1.82, 2.24) is 9.47 Å². The SMILES string of the molecule is Cn1cccc1P(=NC(=S)N1CCCCC1)(c1ccccc1)c1ccccc1. The summed E-state index contributed by atoms with van der Waals surface area (Å²) in [6.45, 7) is 2.03. The number of benzene rings is 2. The maximum atomic E-state index is 5.92. The molecule has 2 heterocycles. The van der Waals surface area contributed by atoms with Crippen molar-refractivity contribution < 1.29 is 0 Å². The zero-order chi connectivity index (χ0) is 19.4. The van der Waals surface area contributed by atoms with Gasteiger partial charge in [0, 0.05) is 36.9 Å². The molecule has 4 rings (SSSR count). The van der Waals surface area contributed by atoms with Crippen LogP contribution < -0.4 is 16.0 Å². The Balaban J connectivity index is 2.00. The first-order chi connectivity index (χ1) is 13.7. The van der Waals surface area contributed by atoms with Gasteiger partial charge in [-0.1, -0.05) is 60.7 Å². The third-order valence-electron chi connectivity index (χ3n) is 5.37. The number of piperidine rings is 1. The molecule has 1 aromatic heterocycles. The standard InChI is InChI=1S/C23H26N3PS/c1-25-17-11-16-22(25)27(20-12-5-2-6-13-20,21-14-7-3-8-15-21)24-23(28)26-18-9-4-10-19-26/h2-3,5-8,11-17H,4,9-10,18-19H2,1H3. The Morgan fingerprint density at radius 1 is 0.821 bits per heavy atom. The predicted molar refractivity (Wildman–Crippen MR) is 125 cm³/mol. The fraction of sp³-hybridized carbons (Fsp3) is 0.261. The summed E-state index contributed by atoms with van der Waals surface area (Å²) in [6.07, 6.45) is 5.79. The van der Waals surface area contributed by atoms with Gasteiger partial charge in [0.05, 0.1) is 12.5 Å². The third kappa shape index (κ3) is 3.59. The molecule has 3 aromatic rings. The molecule has 0 radical (unpaired) electrons. The monoisotopic (exact) mass is 407 g/mol. The van der Waals surface area contributed by atoms with E-state index in [0.29, 0.717) is 0 Å². The minimum absolute atomic E-state index is 0.752. The average Bonchev–Trinajstić information content (AvgIpc) is 3.20. The first-order valence-electron chi connectivity index (χ1n) is 9.86. The van der Waals surface area contributed by atoms with Gasteiger partial charge < -0.3 is 9.47 Å². The van der Waals surface area contributed by atoms with Crippen LogP contribution in [0.15, 0.2) is 83.7 Å². The molecule has 1 fully saturated rings. The second kappa shape index (κ2) is 8.46. The van der Waals surface area contributed by atoms with Crippen molar-refractivity contribution in [1.29, 1.82) is 0 Å². The van der Waals surface area contributed by atoms with E-state index in [9.17, 15) is 0 Å². The summed E-state index contributed by atoms with van der Waals surface area (Å²) >= 11 is 5.92. The summed E-state index contributed by atoms with van der Waals surface area (Å²) < 4.78 is 7.63. The van der Waals surface area contributed by atoms with Gasteiger partial charge in [0.1, 0.15) is 0 Å². The van der Waals surface area contributed by atoms with Crippen LogP contribution in [0.2, 0.25) is 0 Å². The van der Waals surface area contributed by atoms with Crippen LogP contribution in [0, 0.1) is 0 Å². The lowest BCUT2D eigenvalue weighted by molar-refractivity contribution is 0.345. The molecule has 0 aliphatic carbocycles. The van der Waals surface area contributed by atoms with Crippen molar-refractivity contribution in [2.24, 2.45) is 11.8 Å². The van der Waals surface area contributed by atoms with Crippen LogP contribution in [0.5, 0.6) is 0 Å². The summed E-state index contributed by atoms with van der Waals surface area (Å²) in [5, 5.41) is 3.23. The maximum Gasteiger partial charge on any atom is 0.195 e. The average molecular weight is 408 g/mol. The van der Waals surface area contributed by atoms with Gasteiger partial charge in [-0.05, 0) is 43.6 Å². The topological polar surface area (TPSA) is 20.5 Å². The van der Waals surface area contributed by atoms with Gasteiger partial charge in [-0.2, -0.15) is 0 Å². The van der Waals surface area contributed by atoms with E-state index in [-0.39, 0.29) is 0 Å². The molecule has 1 aliphatic heterocycles. The summed E-state index contributed by atoms with van der Waals surface area (Å²) in [4.78, 5) is 2.29. The number of likely N-dealkylation sites (tertiary alicyclic amines) is 1. The molecule has 1 aliphatic rings. The molecule has 0 bridgehead atoms. The predicted octanol–water partition coefficient (Wildman–Crippen LogP) is 4.27. The summed E-state index contributed by atoms with van der Waals surface area (Å²) in [6, 6.07) is 25.7. The van der Waals surface area contributed by atoms with Crippen LogP contribution in [0.3, 0.4) is 0 Å². The van der Waals surface area contributed by atoms with Crippen molar-refractivity contribution in [3.05, 3.63) is 79.0 Å². The largest absolute Gasteiger partial charge is 0.349 e.